The fraction of sp³-hybridized carbons (Fsp3) is 0.217. The quantitative estimate of drug-likeness (QED) is 0.486. The number of ether oxygens (including phenoxy) is 1. The molecule has 0 bridgehead atoms. The standard InChI is InChI=1S/C23H22N2O4S/c1-4-11-24-30(3,28)16-7-8-17-18(13-16)23(27)21(22(17)26)20-9-5-14-12-15(29-2)6-10-19(14)25-20/h5-10,12-13,21H,3-4,11H2,1-2H3,(H,24,28). The number of rotatable bonds is 6. The Hall–Kier alpha value is -3.03. The molecule has 7 heteroatoms. The molecule has 0 saturated carbocycles. The number of carbonyl (C=O) groups is 2. The summed E-state index contributed by atoms with van der Waals surface area (Å²) in [6, 6.07) is 13.6. The van der Waals surface area contributed by atoms with Crippen LogP contribution in [-0.4, -0.2) is 40.3 Å². The summed E-state index contributed by atoms with van der Waals surface area (Å²) in [6.45, 7) is 2.51. The molecule has 2 unspecified atom stereocenters. The van der Waals surface area contributed by atoms with Gasteiger partial charge in [-0.05, 0) is 54.8 Å². The van der Waals surface area contributed by atoms with Crippen molar-refractivity contribution < 1.29 is 18.5 Å². The van der Waals surface area contributed by atoms with Crippen molar-refractivity contribution in [2.75, 3.05) is 13.7 Å². The predicted octanol–water partition coefficient (Wildman–Crippen LogP) is 3.40. The van der Waals surface area contributed by atoms with E-state index in [4.69, 9.17) is 4.74 Å². The molecule has 0 fully saturated rings. The summed E-state index contributed by atoms with van der Waals surface area (Å²) in [4.78, 5) is 31.1. The number of pyridine rings is 1. The van der Waals surface area contributed by atoms with E-state index in [0.717, 1.165) is 11.8 Å². The molecule has 1 aliphatic rings. The van der Waals surface area contributed by atoms with E-state index in [9.17, 15) is 13.8 Å². The van der Waals surface area contributed by atoms with E-state index in [2.05, 4.69) is 15.6 Å². The van der Waals surface area contributed by atoms with Gasteiger partial charge in [0.05, 0.1) is 28.0 Å². The van der Waals surface area contributed by atoms with Gasteiger partial charge in [-0.2, -0.15) is 0 Å². The number of fused-ring (bicyclic) bond motifs is 2. The second kappa shape index (κ2) is 7.66. The highest BCUT2D eigenvalue weighted by molar-refractivity contribution is 7.98. The Morgan fingerprint density at radius 2 is 1.83 bits per heavy atom. The molecule has 1 aliphatic carbocycles. The van der Waals surface area contributed by atoms with Crippen molar-refractivity contribution in [3.8, 4) is 5.75 Å². The predicted molar refractivity (Wildman–Crippen MR) is 118 cm³/mol. The van der Waals surface area contributed by atoms with Crippen LogP contribution in [0.1, 0.15) is 45.7 Å². The van der Waals surface area contributed by atoms with Gasteiger partial charge in [-0.3, -0.25) is 14.6 Å². The Bertz CT molecular complexity index is 1280. The van der Waals surface area contributed by atoms with E-state index in [1.54, 1.807) is 37.4 Å². The summed E-state index contributed by atoms with van der Waals surface area (Å²) in [6.07, 6.45) is 0.802. The van der Waals surface area contributed by atoms with Gasteiger partial charge in [-0.15, -0.1) is 0 Å². The molecule has 3 aromatic rings. The zero-order valence-electron chi connectivity index (χ0n) is 16.8. The van der Waals surface area contributed by atoms with Gasteiger partial charge >= 0.3 is 0 Å². The average molecular weight is 423 g/mol. The monoisotopic (exact) mass is 422 g/mol. The first-order valence-corrected chi connectivity index (χ1v) is 11.4. The molecule has 2 atom stereocenters. The van der Waals surface area contributed by atoms with Crippen LogP contribution in [0.5, 0.6) is 5.75 Å². The SMILES string of the molecule is C=S(=O)(NCCC)c1ccc2c(c1)C(=O)C(c1ccc3cc(OC)ccc3n1)C2=O. The molecule has 1 aromatic heterocycles. The van der Waals surface area contributed by atoms with Gasteiger partial charge in [0.15, 0.2) is 11.6 Å². The van der Waals surface area contributed by atoms with Gasteiger partial charge in [0, 0.05) is 28.0 Å². The Morgan fingerprint density at radius 1 is 1.07 bits per heavy atom. The number of aromatic nitrogens is 1. The molecule has 30 heavy (non-hydrogen) atoms. The number of ketones is 2. The zero-order valence-corrected chi connectivity index (χ0v) is 17.6. The molecule has 0 radical (unpaired) electrons. The number of hydrogen-bond donors (Lipinski definition) is 1. The number of Topliss-reactive ketones (excluding diaryl/α,β-unsaturated/α-hetero) is 2. The lowest BCUT2D eigenvalue weighted by Crippen LogP contribution is -2.24. The Kier molecular flexibility index (Phi) is 5.17. The average Bonchev–Trinajstić information content (AvgIpc) is 3.01. The number of methoxy groups -OCH3 is 1. The van der Waals surface area contributed by atoms with Crippen LogP contribution in [0.2, 0.25) is 0 Å². The van der Waals surface area contributed by atoms with Crippen molar-refractivity contribution in [2.45, 2.75) is 24.2 Å². The number of benzene rings is 2. The van der Waals surface area contributed by atoms with Crippen molar-refractivity contribution >= 4 is 38.0 Å². The number of nitrogens with zero attached hydrogens (tertiary/aromatic N) is 1. The summed E-state index contributed by atoms with van der Waals surface area (Å²) in [5, 5.41) is 0.856. The Morgan fingerprint density at radius 3 is 2.57 bits per heavy atom. The second-order valence-electron chi connectivity index (χ2n) is 7.23. The van der Waals surface area contributed by atoms with E-state index in [1.807, 2.05) is 19.1 Å². The smallest absolute Gasteiger partial charge is 0.180 e. The van der Waals surface area contributed by atoms with Crippen LogP contribution in [0.15, 0.2) is 53.4 Å². The molecule has 1 N–H and O–H groups in total. The fourth-order valence-electron chi connectivity index (χ4n) is 3.60. The number of hydrogen-bond acceptors (Lipinski definition) is 5. The molecule has 4 rings (SSSR count). The minimum absolute atomic E-state index is 0.272. The molecule has 154 valence electrons. The van der Waals surface area contributed by atoms with Crippen LogP contribution in [0.4, 0.5) is 0 Å². The van der Waals surface area contributed by atoms with Gasteiger partial charge in [-0.25, -0.2) is 8.93 Å². The van der Waals surface area contributed by atoms with Crippen molar-refractivity contribution in [1.82, 2.24) is 9.71 Å². The molecule has 1 heterocycles. The molecular weight excluding hydrogens is 400 g/mol. The van der Waals surface area contributed by atoms with Gasteiger partial charge in [0.1, 0.15) is 11.7 Å². The largest absolute Gasteiger partial charge is 0.497 e. The maximum Gasteiger partial charge on any atom is 0.180 e. The summed E-state index contributed by atoms with van der Waals surface area (Å²) in [5.74, 6) is 2.86. The molecular formula is C23H22N2O4S. The van der Waals surface area contributed by atoms with Crippen LogP contribution in [-0.2, 0) is 9.71 Å². The fourth-order valence-corrected chi connectivity index (χ4v) is 4.90. The molecule has 0 amide bonds. The normalized spacial score (nSPS) is 17.7. The molecule has 0 aliphatic heterocycles. The highest BCUT2D eigenvalue weighted by Crippen LogP contribution is 2.35. The highest BCUT2D eigenvalue weighted by Gasteiger charge is 2.41. The minimum atomic E-state index is -2.74. The first-order valence-electron chi connectivity index (χ1n) is 9.64. The third-order valence-corrected chi connectivity index (χ3v) is 6.91. The third kappa shape index (κ3) is 3.40. The summed E-state index contributed by atoms with van der Waals surface area (Å²) in [7, 11) is -1.15. The highest BCUT2D eigenvalue weighted by atomic mass is 32.2. The van der Waals surface area contributed by atoms with Crippen molar-refractivity contribution in [2.24, 2.45) is 0 Å². The Balaban J connectivity index is 1.72. The number of nitrogens with one attached hydrogen (secondary N) is 1. The topological polar surface area (TPSA) is 85.4 Å². The van der Waals surface area contributed by atoms with E-state index in [1.165, 1.54) is 6.07 Å². The second-order valence-corrected chi connectivity index (χ2v) is 9.34. The maximum atomic E-state index is 13.1. The zero-order chi connectivity index (χ0) is 21.5. The Labute approximate surface area is 175 Å². The molecule has 2 aromatic carbocycles. The van der Waals surface area contributed by atoms with Crippen LogP contribution < -0.4 is 9.46 Å². The van der Waals surface area contributed by atoms with Gasteiger partial charge in [0.25, 0.3) is 0 Å². The maximum absolute atomic E-state index is 13.1. The van der Waals surface area contributed by atoms with Gasteiger partial charge in [-0.1, -0.05) is 13.0 Å². The summed E-state index contributed by atoms with van der Waals surface area (Å²) < 4.78 is 21.0. The van der Waals surface area contributed by atoms with E-state index in [-0.39, 0.29) is 17.1 Å². The first-order chi connectivity index (χ1) is 14.4. The lowest BCUT2D eigenvalue weighted by Gasteiger charge is -2.11. The molecule has 0 saturated heterocycles. The van der Waals surface area contributed by atoms with Crippen LogP contribution in [0, 0.1) is 0 Å². The van der Waals surface area contributed by atoms with Crippen molar-refractivity contribution in [1.29, 1.82) is 0 Å². The number of carbonyl (C=O) groups excluding carboxylic acids is 2. The van der Waals surface area contributed by atoms with E-state index in [0.29, 0.717) is 34.0 Å². The van der Waals surface area contributed by atoms with Crippen LogP contribution in [0.3, 0.4) is 0 Å². The third-order valence-electron chi connectivity index (χ3n) is 5.23. The van der Waals surface area contributed by atoms with E-state index >= 15 is 0 Å². The summed E-state index contributed by atoms with van der Waals surface area (Å²) >= 11 is 0. The van der Waals surface area contributed by atoms with Crippen LogP contribution >= 0.6 is 0 Å². The lowest BCUT2D eigenvalue weighted by molar-refractivity contribution is 0.0888. The minimum Gasteiger partial charge on any atom is -0.497 e. The molecule has 0 spiro atoms. The first kappa shape index (κ1) is 20.3. The summed E-state index contributed by atoms with van der Waals surface area (Å²) in [5.41, 5.74) is 1.68. The lowest BCUT2D eigenvalue weighted by atomic mass is 9.98. The molecule has 6 nitrogen and oxygen atoms in total. The van der Waals surface area contributed by atoms with E-state index < -0.39 is 15.6 Å². The van der Waals surface area contributed by atoms with Gasteiger partial charge < -0.3 is 4.74 Å². The van der Waals surface area contributed by atoms with Crippen molar-refractivity contribution in [3.63, 3.8) is 0 Å². The van der Waals surface area contributed by atoms with Gasteiger partial charge in [0.2, 0.25) is 0 Å². The van der Waals surface area contributed by atoms with Crippen LogP contribution in [0.25, 0.3) is 10.9 Å². The van der Waals surface area contributed by atoms with Crippen molar-refractivity contribution in [3.05, 3.63) is 65.4 Å².